The molecule has 2 amide bonds. The molecule has 20 heavy (non-hydrogen) atoms. The molecule has 2 rings (SSSR count). The number of amides is 2. The zero-order valence-electron chi connectivity index (χ0n) is 10.7. The van der Waals surface area contributed by atoms with E-state index in [0.717, 1.165) is 10.0 Å². The minimum Gasteiger partial charge on any atom is -0.347 e. The number of alkyl halides is 2. The van der Waals surface area contributed by atoms with Gasteiger partial charge in [-0.1, -0.05) is 15.9 Å². The molecule has 0 aromatic heterocycles. The smallest absolute Gasteiger partial charge is 0.243 e. The predicted molar refractivity (Wildman–Crippen MR) is 83.1 cm³/mol. The molecule has 0 saturated heterocycles. The molecule has 1 aromatic carbocycles. The Morgan fingerprint density at radius 3 is 2.65 bits per heavy atom. The highest BCUT2D eigenvalue weighted by Gasteiger charge is 2.56. The molecule has 7 heteroatoms. The summed E-state index contributed by atoms with van der Waals surface area (Å²) in [6.07, 6.45) is 0.426. The number of benzene rings is 1. The van der Waals surface area contributed by atoms with E-state index in [1.54, 1.807) is 6.07 Å². The summed E-state index contributed by atoms with van der Waals surface area (Å²) in [5.74, 6) is -1.01. The predicted octanol–water partition coefficient (Wildman–Crippen LogP) is 3.01. The van der Waals surface area contributed by atoms with Gasteiger partial charge in [-0.3, -0.25) is 9.59 Å². The molecule has 0 aliphatic heterocycles. The van der Waals surface area contributed by atoms with Gasteiger partial charge in [-0.05, 0) is 37.1 Å². The van der Waals surface area contributed by atoms with E-state index in [1.807, 2.05) is 19.1 Å². The number of carbonyl (C=O) groups excluding carboxylic acids is 2. The third-order valence-electron chi connectivity index (χ3n) is 3.03. The first kappa shape index (κ1) is 15.6. The third kappa shape index (κ3) is 3.87. The van der Waals surface area contributed by atoms with Gasteiger partial charge in [-0.25, -0.2) is 0 Å². The summed E-state index contributed by atoms with van der Waals surface area (Å²) in [5.41, 5.74) is 1.64. The molecule has 0 bridgehead atoms. The number of nitrogens with one attached hydrogen (secondary N) is 2. The van der Waals surface area contributed by atoms with Crippen molar-refractivity contribution in [2.75, 3.05) is 11.9 Å². The molecule has 1 fully saturated rings. The maximum Gasteiger partial charge on any atom is 0.243 e. The first-order valence-electron chi connectivity index (χ1n) is 6.01. The maximum atomic E-state index is 11.8. The van der Waals surface area contributed by atoms with E-state index in [0.29, 0.717) is 12.1 Å². The van der Waals surface area contributed by atoms with Gasteiger partial charge in [0, 0.05) is 10.2 Å². The zero-order valence-corrected chi connectivity index (χ0v) is 13.8. The van der Waals surface area contributed by atoms with Crippen LogP contribution in [0, 0.1) is 12.8 Å². The topological polar surface area (TPSA) is 58.2 Å². The van der Waals surface area contributed by atoms with Crippen molar-refractivity contribution in [1.29, 1.82) is 0 Å². The van der Waals surface area contributed by atoms with Gasteiger partial charge in [0.25, 0.3) is 0 Å². The highest BCUT2D eigenvalue weighted by Crippen LogP contribution is 2.53. The fraction of sp³-hybridized carbons (Fsp3) is 0.385. The molecule has 1 aromatic rings. The number of anilines is 1. The molecule has 1 atom stereocenters. The van der Waals surface area contributed by atoms with Gasteiger partial charge < -0.3 is 10.6 Å². The summed E-state index contributed by atoms with van der Waals surface area (Å²) in [4.78, 5) is 23.4. The van der Waals surface area contributed by atoms with Crippen LogP contribution in [-0.2, 0) is 9.59 Å². The molecular formula is C13H13BrCl2N2O2. The van der Waals surface area contributed by atoms with Crippen LogP contribution in [-0.4, -0.2) is 22.7 Å². The summed E-state index contributed by atoms with van der Waals surface area (Å²) in [5, 5.41) is 5.25. The van der Waals surface area contributed by atoms with E-state index in [2.05, 4.69) is 26.6 Å². The average molecular weight is 380 g/mol. The molecule has 0 spiro atoms. The Morgan fingerprint density at radius 1 is 1.45 bits per heavy atom. The molecule has 0 heterocycles. The summed E-state index contributed by atoms with van der Waals surface area (Å²) < 4.78 is -0.0290. The Hall–Kier alpha value is -0.780. The van der Waals surface area contributed by atoms with Crippen LogP contribution >= 0.6 is 39.1 Å². The second-order valence-electron chi connectivity index (χ2n) is 4.74. The van der Waals surface area contributed by atoms with Crippen molar-refractivity contribution >= 4 is 56.6 Å². The first-order valence-corrected chi connectivity index (χ1v) is 7.56. The van der Waals surface area contributed by atoms with Crippen LogP contribution < -0.4 is 10.6 Å². The summed E-state index contributed by atoms with van der Waals surface area (Å²) >= 11 is 14.9. The molecule has 1 saturated carbocycles. The van der Waals surface area contributed by atoms with Gasteiger partial charge in [-0.2, -0.15) is 0 Å². The van der Waals surface area contributed by atoms with Crippen LogP contribution in [0.1, 0.15) is 12.0 Å². The standard InChI is InChI=1S/C13H13BrCl2N2O2/c1-7-4-8(14)2-3-10(7)18-11(19)6-17-12(20)9-5-13(9,15)16/h2-4,9H,5-6H2,1H3,(H,17,20)(H,18,19). The molecular weight excluding hydrogens is 367 g/mol. The fourth-order valence-electron chi connectivity index (χ4n) is 1.75. The Kier molecular flexibility index (Phi) is 4.62. The van der Waals surface area contributed by atoms with Crippen molar-refractivity contribution in [3.63, 3.8) is 0 Å². The number of aryl methyl sites for hydroxylation is 1. The summed E-state index contributed by atoms with van der Waals surface area (Å²) in [7, 11) is 0. The Bertz CT molecular complexity index is 563. The average Bonchev–Trinajstić information content (AvgIpc) is 2.99. The Morgan fingerprint density at radius 2 is 2.10 bits per heavy atom. The van der Waals surface area contributed by atoms with E-state index in [9.17, 15) is 9.59 Å². The van der Waals surface area contributed by atoms with Crippen molar-refractivity contribution in [3.05, 3.63) is 28.2 Å². The van der Waals surface area contributed by atoms with Gasteiger partial charge in [-0.15, -0.1) is 23.2 Å². The second-order valence-corrected chi connectivity index (χ2v) is 7.20. The number of hydrogen-bond donors (Lipinski definition) is 2. The largest absolute Gasteiger partial charge is 0.347 e. The highest BCUT2D eigenvalue weighted by molar-refractivity contribution is 9.10. The van der Waals surface area contributed by atoms with E-state index in [1.165, 1.54) is 0 Å². The van der Waals surface area contributed by atoms with Crippen LogP contribution in [0.15, 0.2) is 22.7 Å². The van der Waals surface area contributed by atoms with E-state index >= 15 is 0 Å². The second kappa shape index (κ2) is 5.92. The number of hydrogen-bond acceptors (Lipinski definition) is 2. The van der Waals surface area contributed by atoms with Gasteiger partial charge in [0.05, 0.1) is 12.5 Å². The van der Waals surface area contributed by atoms with Crippen LogP contribution in [0.3, 0.4) is 0 Å². The molecule has 108 valence electrons. The number of carbonyl (C=O) groups is 2. The quantitative estimate of drug-likeness (QED) is 0.790. The number of rotatable bonds is 4. The lowest BCUT2D eigenvalue weighted by molar-refractivity contribution is -0.125. The Balaban J connectivity index is 1.82. The zero-order chi connectivity index (χ0) is 14.9. The normalized spacial score (nSPS) is 19.3. The van der Waals surface area contributed by atoms with Crippen LogP contribution in [0.5, 0.6) is 0 Å². The minimum atomic E-state index is -0.969. The lowest BCUT2D eigenvalue weighted by atomic mass is 10.2. The Labute approximate surface area is 135 Å². The van der Waals surface area contributed by atoms with E-state index in [-0.39, 0.29) is 18.4 Å². The highest BCUT2D eigenvalue weighted by atomic mass is 79.9. The van der Waals surface area contributed by atoms with Gasteiger partial charge in [0.2, 0.25) is 11.8 Å². The molecule has 1 aliphatic rings. The SMILES string of the molecule is Cc1cc(Br)ccc1NC(=O)CNC(=O)C1CC1(Cl)Cl. The van der Waals surface area contributed by atoms with Crippen molar-refractivity contribution in [2.45, 2.75) is 17.7 Å². The van der Waals surface area contributed by atoms with Gasteiger partial charge in [0.1, 0.15) is 4.33 Å². The van der Waals surface area contributed by atoms with Crippen molar-refractivity contribution < 1.29 is 9.59 Å². The van der Waals surface area contributed by atoms with Crippen LogP contribution in [0.2, 0.25) is 0 Å². The van der Waals surface area contributed by atoms with Crippen LogP contribution in [0.25, 0.3) is 0 Å². The number of halogens is 3. The lowest BCUT2D eigenvalue weighted by Gasteiger charge is -2.09. The monoisotopic (exact) mass is 378 g/mol. The maximum absolute atomic E-state index is 11.8. The molecule has 4 nitrogen and oxygen atoms in total. The first-order chi connectivity index (χ1) is 9.29. The minimum absolute atomic E-state index is 0.102. The van der Waals surface area contributed by atoms with Crippen LogP contribution in [0.4, 0.5) is 5.69 Å². The fourth-order valence-corrected chi connectivity index (χ4v) is 2.73. The molecule has 1 unspecified atom stereocenters. The molecule has 1 aliphatic carbocycles. The van der Waals surface area contributed by atoms with Crippen molar-refractivity contribution in [2.24, 2.45) is 5.92 Å². The summed E-state index contributed by atoms with van der Waals surface area (Å²) in [6, 6.07) is 5.52. The van der Waals surface area contributed by atoms with E-state index < -0.39 is 10.3 Å². The van der Waals surface area contributed by atoms with Gasteiger partial charge >= 0.3 is 0 Å². The van der Waals surface area contributed by atoms with Crippen molar-refractivity contribution in [1.82, 2.24) is 5.32 Å². The van der Waals surface area contributed by atoms with Crippen molar-refractivity contribution in [3.8, 4) is 0 Å². The summed E-state index contributed by atoms with van der Waals surface area (Å²) in [6.45, 7) is 1.78. The van der Waals surface area contributed by atoms with E-state index in [4.69, 9.17) is 23.2 Å². The molecule has 2 N–H and O–H groups in total. The van der Waals surface area contributed by atoms with Gasteiger partial charge in [0.15, 0.2) is 0 Å². The lowest BCUT2D eigenvalue weighted by Crippen LogP contribution is -2.34. The molecule has 0 radical (unpaired) electrons. The third-order valence-corrected chi connectivity index (χ3v) is 4.36.